The summed E-state index contributed by atoms with van der Waals surface area (Å²) < 4.78 is 12.9. The van der Waals surface area contributed by atoms with E-state index >= 15 is 0 Å². The summed E-state index contributed by atoms with van der Waals surface area (Å²) in [6.45, 7) is 0.430. The molecule has 0 aliphatic carbocycles. The van der Waals surface area contributed by atoms with Crippen LogP contribution in [0, 0.1) is 5.95 Å². The minimum Gasteiger partial charge on any atom is -0.336 e. The van der Waals surface area contributed by atoms with Crippen LogP contribution in [-0.2, 0) is 6.54 Å². The molecule has 0 saturated carbocycles. The largest absolute Gasteiger partial charge is 0.336 e. The molecule has 5 heteroatoms. The molecule has 2 aromatic heterocycles. The second kappa shape index (κ2) is 5.35. The molecule has 1 amide bonds. The fourth-order valence-corrected chi connectivity index (χ4v) is 1.56. The van der Waals surface area contributed by atoms with E-state index in [1.807, 2.05) is 12.1 Å². The number of aromatic nitrogens is 2. The average molecular weight is 245 g/mol. The Morgan fingerprint density at radius 1 is 1.28 bits per heavy atom. The van der Waals surface area contributed by atoms with Crippen molar-refractivity contribution in [1.29, 1.82) is 0 Å². The number of nitrogens with zero attached hydrogens (tertiary/aromatic N) is 3. The molecule has 2 heterocycles. The summed E-state index contributed by atoms with van der Waals surface area (Å²) >= 11 is 0. The Kier molecular flexibility index (Phi) is 3.62. The molecule has 0 N–H and O–H groups in total. The Morgan fingerprint density at radius 3 is 2.67 bits per heavy atom. The van der Waals surface area contributed by atoms with Gasteiger partial charge in [0.05, 0.1) is 0 Å². The van der Waals surface area contributed by atoms with Crippen LogP contribution in [-0.4, -0.2) is 27.8 Å². The molecule has 0 aliphatic rings. The average Bonchev–Trinajstić information content (AvgIpc) is 2.39. The van der Waals surface area contributed by atoms with E-state index in [-0.39, 0.29) is 11.6 Å². The zero-order valence-corrected chi connectivity index (χ0v) is 9.88. The van der Waals surface area contributed by atoms with Crippen molar-refractivity contribution in [3.05, 3.63) is 59.9 Å². The lowest BCUT2D eigenvalue weighted by atomic mass is 10.2. The Labute approximate surface area is 104 Å². The van der Waals surface area contributed by atoms with Crippen LogP contribution in [0.25, 0.3) is 0 Å². The lowest BCUT2D eigenvalue weighted by Crippen LogP contribution is -2.27. The van der Waals surface area contributed by atoms with Gasteiger partial charge >= 0.3 is 0 Å². The summed E-state index contributed by atoms with van der Waals surface area (Å²) in [6.07, 6.45) is 3.32. The van der Waals surface area contributed by atoms with Crippen molar-refractivity contribution in [2.24, 2.45) is 0 Å². The maximum atomic E-state index is 12.9. The van der Waals surface area contributed by atoms with Crippen LogP contribution in [0.4, 0.5) is 4.39 Å². The van der Waals surface area contributed by atoms with E-state index in [0.717, 1.165) is 5.56 Å². The van der Waals surface area contributed by atoms with E-state index in [9.17, 15) is 9.18 Å². The normalized spacial score (nSPS) is 10.1. The van der Waals surface area contributed by atoms with Crippen LogP contribution in [0.3, 0.4) is 0 Å². The summed E-state index contributed by atoms with van der Waals surface area (Å²) in [7, 11) is 1.65. The Morgan fingerprint density at radius 2 is 2.00 bits per heavy atom. The molecular formula is C13H12FN3O. The number of halogens is 1. The molecule has 0 spiro atoms. The van der Waals surface area contributed by atoms with Crippen LogP contribution in [0.1, 0.15) is 16.1 Å². The number of hydrogen-bond acceptors (Lipinski definition) is 3. The summed E-state index contributed by atoms with van der Waals surface area (Å²) in [5.74, 6) is -0.968. The molecule has 0 unspecified atom stereocenters. The molecule has 0 saturated heterocycles. The highest BCUT2D eigenvalue weighted by Gasteiger charge is 2.13. The topological polar surface area (TPSA) is 46.1 Å². The number of carbonyl (C=O) groups excluding carboxylic acids is 1. The van der Waals surface area contributed by atoms with Crippen molar-refractivity contribution in [1.82, 2.24) is 14.9 Å². The van der Waals surface area contributed by atoms with Gasteiger partial charge in [0.2, 0.25) is 5.95 Å². The van der Waals surface area contributed by atoms with Crippen molar-refractivity contribution in [3.8, 4) is 0 Å². The third-order valence-corrected chi connectivity index (χ3v) is 2.45. The van der Waals surface area contributed by atoms with Crippen molar-refractivity contribution in [2.45, 2.75) is 6.54 Å². The zero-order valence-electron chi connectivity index (χ0n) is 9.88. The first kappa shape index (κ1) is 12.2. The SMILES string of the molecule is CN(Cc1ccncc1)C(=O)c1cccc(F)n1. The monoisotopic (exact) mass is 245 g/mol. The van der Waals surface area contributed by atoms with E-state index in [4.69, 9.17) is 0 Å². The van der Waals surface area contributed by atoms with E-state index < -0.39 is 5.95 Å². The van der Waals surface area contributed by atoms with Gasteiger partial charge in [0.1, 0.15) is 5.69 Å². The van der Waals surface area contributed by atoms with Crippen molar-refractivity contribution in [3.63, 3.8) is 0 Å². The van der Waals surface area contributed by atoms with E-state index in [2.05, 4.69) is 9.97 Å². The van der Waals surface area contributed by atoms with Crippen molar-refractivity contribution in [2.75, 3.05) is 7.05 Å². The number of carbonyl (C=O) groups is 1. The van der Waals surface area contributed by atoms with Gasteiger partial charge in [0, 0.05) is 26.0 Å². The fraction of sp³-hybridized carbons (Fsp3) is 0.154. The van der Waals surface area contributed by atoms with Crippen molar-refractivity contribution < 1.29 is 9.18 Å². The predicted molar refractivity (Wildman–Crippen MR) is 64.2 cm³/mol. The lowest BCUT2D eigenvalue weighted by Gasteiger charge is -2.16. The molecule has 0 fully saturated rings. The van der Waals surface area contributed by atoms with Crippen molar-refractivity contribution >= 4 is 5.91 Å². The number of hydrogen-bond donors (Lipinski definition) is 0. The van der Waals surface area contributed by atoms with Gasteiger partial charge < -0.3 is 4.90 Å². The molecule has 2 aromatic rings. The minimum atomic E-state index is -0.654. The van der Waals surface area contributed by atoms with E-state index in [1.165, 1.54) is 23.1 Å². The first-order valence-electron chi connectivity index (χ1n) is 5.44. The molecule has 0 bridgehead atoms. The van der Waals surface area contributed by atoms with Gasteiger partial charge in [-0.05, 0) is 29.8 Å². The summed E-state index contributed by atoms with van der Waals surface area (Å²) in [5, 5.41) is 0. The summed E-state index contributed by atoms with van der Waals surface area (Å²) in [4.78, 5) is 20.9. The van der Waals surface area contributed by atoms with Gasteiger partial charge in [-0.15, -0.1) is 0 Å². The van der Waals surface area contributed by atoms with Gasteiger partial charge in [0.25, 0.3) is 5.91 Å². The van der Waals surface area contributed by atoms with Crippen LogP contribution in [0.5, 0.6) is 0 Å². The number of amides is 1. The van der Waals surface area contributed by atoms with E-state index in [0.29, 0.717) is 6.54 Å². The molecule has 0 aliphatic heterocycles. The fourth-order valence-electron chi connectivity index (χ4n) is 1.56. The minimum absolute atomic E-state index is 0.103. The van der Waals surface area contributed by atoms with E-state index in [1.54, 1.807) is 19.4 Å². The standard InChI is InChI=1S/C13H12FN3O/c1-17(9-10-5-7-15-8-6-10)13(18)11-3-2-4-12(14)16-11/h2-8H,9H2,1H3. The smallest absolute Gasteiger partial charge is 0.272 e. The molecule has 0 atom stereocenters. The highest BCUT2D eigenvalue weighted by molar-refractivity contribution is 5.92. The predicted octanol–water partition coefficient (Wildman–Crippen LogP) is 1.89. The third-order valence-electron chi connectivity index (χ3n) is 2.45. The number of rotatable bonds is 3. The van der Waals surface area contributed by atoms with Gasteiger partial charge in [-0.2, -0.15) is 4.39 Å². The maximum Gasteiger partial charge on any atom is 0.272 e. The molecule has 18 heavy (non-hydrogen) atoms. The highest BCUT2D eigenvalue weighted by Crippen LogP contribution is 2.06. The highest BCUT2D eigenvalue weighted by atomic mass is 19.1. The number of pyridine rings is 2. The Hall–Kier alpha value is -2.30. The quantitative estimate of drug-likeness (QED) is 0.776. The summed E-state index contributed by atoms with van der Waals surface area (Å²) in [5.41, 5.74) is 1.06. The third kappa shape index (κ3) is 2.88. The van der Waals surface area contributed by atoms with Gasteiger partial charge in [-0.1, -0.05) is 6.07 Å². The van der Waals surface area contributed by atoms with Gasteiger partial charge in [-0.3, -0.25) is 9.78 Å². The molecular weight excluding hydrogens is 233 g/mol. The Bertz CT molecular complexity index is 545. The molecule has 0 radical (unpaired) electrons. The second-order valence-electron chi connectivity index (χ2n) is 3.86. The maximum absolute atomic E-state index is 12.9. The van der Waals surface area contributed by atoms with Crippen LogP contribution in [0.2, 0.25) is 0 Å². The van der Waals surface area contributed by atoms with Gasteiger partial charge in [-0.25, -0.2) is 4.98 Å². The second-order valence-corrected chi connectivity index (χ2v) is 3.86. The van der Waals surface area contributed by atoms with Crippen LogP contribution in [0.15, 0.2) is 42.7 Å². The molecule has 92 valence electrons. The molecule has 2 rings (SSSR count). The van der Waals surface area contributed by atoms with Crippen LogP contribution < -0.4 is 0 Å². The van der Waals surface area contributed by atoms with Gasteiger partial charge in [0.15, 0.2) is 0 Å². The molecule has 4 nitrogen and oxygen atoms in total. The summed E-state index contributed by atoms with van der Waals surface area (Å²) in [6, 6.07) is 7.82. The zero-order chi connectivity index (χ0) is 13.0. The Balaban J connectivity index is 2.10. The lowest BCUT2D eigenvalue weighted by molar-refractivity contribution is 0.0778. The van der Waals surface area contributed by atoms with Crippen LogP contribution >= 0.6 is 0 Å². The molecule has 0 aromatic carbocycles. The first-order valence-corrected chi connectivity index (χ1v) is 5.44. The first-order chi connectivity index (χ1) is 8.66.